The first-order valence-electron chi connectivity index (χ1n) is 5.85. The number of amides is 1. The molecule has 1 aromatic carbocycles. The molecule has 0 spiro atoms. The number of carbonyl (C=O) groups excluding carboxylic acids is 1. The van der Waals surface area contributed by atoms with Crippen LogP contribution in [-0.2, 0) is 9.53 Å². The fourth-order valence-electron chi connectivity index (χ4n) is 1.56. The predicted octanol–water partition coefficient (Wildman–Crippen LogP) is 1.99. The van der Waals surface area contributed by atoms with E-state index >= 15 is 0 Å². The highest BCUT2D eigenvalue weighted by Crippen LogP contribution is 2.17. The lowest BCUT2D eigenvalue weighted by molar-refractivity contribution is -0.123. The van der Waals surface area contributed by atoms with Crippen LogP contribution < -0.4 is 11.1 Å². The van der Waals surface area contributed by atoms with Crippen molar-refractivity contribution in [3.63, 3.8) is 0 Å². The molecule has 1 rings (SSSR count). The van der Waals surface area contributed by atoms with E-state index in [4.69, 9.17) is 10.5 Å². The van der Waals surface area contributed by atoms with Crippen molar-refractivity contribution in [2.75, 3.05) is 13.7 Å². The molecule has 2 atom stereocenters. The number of nitrogens with two attached hydrogens (primary N) is 1. The molecule has 4 nitrogen and oxygen atoms in total. The molecule has 0 aliphatic carbocycles. The van der Waals surface area contributed by atoms with Crippen molar-refractivity contribution in [3.05, 3.63) is 34.3 Å². The van der Waals surface area contributed by atoms with Gasteiger partial charge >= 0.3 is 0 Å². The van der Waals surface area contributed by atoms with E-state index in [0.29, 0.717) is 13.0 Å². The van der Waals surface area contributed by atoms with E-state index in [2.05, 4.69) is 21.2 Å². The maximum absolute atomic E-state index is 11.8. The number of ether oxygens (including phenoxy) is 1. The smallest absolute Gasteiger partial charge is 0.237 e. The summed E-state index contributed by atoms with van der Waals surface area (Å²) in [4.78, 5) is 11.8. The number of carbonyl (C=O) groups is 1. The average molecular weight is 315 g/mol. The highest BCUT2D eigenvalue weighted by Gasteiger charge is 2.16. The van der Waals surface area contributed by atoms with Crippen LogP contribution in [0.5, 0.6) is 0 Å². The van der Waals surface area contributed by atoms with Gasteiger partial charge in [0.1, 0.15) is 0 Å². The standard InChI is InChI=1S/C13H19BrN2O2/c1-9(10-4-3-5-11(14)8-10)16-13(17)12(15)6-7-18-2/h3-5,8-9,12H,6-7,15H2,1-2H3,(H,16,17)/t9-,12?/m0/s1. The third-order valence-electron chi connectivity index (χ3n) is 2.68. The summed E-state index contributed by atoms with van der Waals surface area (Å²) in [6.07, 6.45) is 0.521. The zero-order chi connectivity index (χ0) is 13.5. The number of rotatable bonds is 6. The Morgan fingerprint density at radius 1 is 1.56 bits per heavy atom. The lowest BCUT2D eigenvalue weighted by atomic mass is 10.1. The molecule has 100 valence electrons. The van der Waals surface area contributed by atoms with Gasteiger partial charge in [-0.05, 0) is 31.0 Å². The van der Waals surface area contributed by atoms with E-state index < -0.39 is 6.04 Å². The normalized spacial score (nSPS) is 14.0. The first kappa shape index (κ1) is 15.1. The van der Waals surface area contributed by atoms with Crippen molar-refractivity contribution in [1.29, 1.82) is 0 Å². The quantitative estimate of drug-likeness (QED) is 0.844. The van der Waals surface area contributed by atoms with Gasteiger partial charge in [0.2, 0.25) is 5.91 Å². The Morgan fingerprint density at radius 2 is 2.28 bits per heavy atom. The van der Waals surface area contributed by atoms with E-state index in [0.717, 1.165) is 10.0 Å². The molecule has 1 amide bonds. The largest absolute Gasteiger partial charge is 0.385 e. The zero-order valence-electron chi connectivity index (χ0n) is 10.7. The van der Waals surface area contributed by atoms with Crippen LogP contribution in [0.3, 0.4) is 0 Å². The van der Waals surface area contributed by atoms with Crippen molar-refractivity contribution in [1.82, 2.24) is 5.32 Å². The van der Waals surface area contributed by atoms with Gasteiger partial charge in [-0.1, -0.05) is 28.1 Å². The summed E-state index contributed by atoms with van der Waals surface area (Å²) in [6, 6.07) is 7.24. The lowest BCUT2D eigenvalue weighted by Gasteiger charge is -2.18. The van der Waals surface area contributed by atoms with Crippen LogP contribution in [0, 0.1) is 0 Å². The summed E-state index contributed by atoms with van der Waals surface area (Å²) in [7, 11) is 1.59. The molecular formula is C13H19BrN2O2. The van der Waals surface area contributed by atoms with Gasteiger partial charge in [-0.3, -0.25) is 4.79 Å². The first-order valence-corrected chi connectivity index (χ1v) is 6.64. The third-order valence-corrected chi connectivity index (χ3v) is 3.17. The fourth-order valence-corrected chi connectivity index (χ4v) is 1.97. The van der Waals surface area contributed by atoms with Crippen LogP contribution in [-0.4, -0.2) is 25.7 Å². The van der Waals surface area contributed by atoms with E-state index in [1.807, 2.05) is 31.2 Å². The molecule has 1 aromatic rings. The molecule has 0 saturated heterocycles. The summed E-state index contributed by atoms with van der Waals surface area (Å²) >= 11 is 3.41. The maximum Gasteiger partial charge on any atom is 0.237 e. The Balaban J connectivity index is 2.54. The number of methoxy groups -OCH3 is 1. The van der Waals surface area contributed by atoms with Crippen LogP contribution in [0.4, 0.5) is 0 Å². The molecule has 0 bridgehead atoms. The van der Waals surface area contributed by atoms with Crippen LogP contribution >= 0.6 is 15.9 Å². The number of hydrogen-bond donors (Lipinski definition) is 2. The van der Waals surface area contributed by atoms with Crippen LogP contribution in [0.25, 0.3) is 0 Å². The SMILES string of the molecule is COCCC(N)C(=O)N[C@@H](C)c1cccc(Br)c1. The Kier molecular flexibility index (Phi) is 6.32. The second-order valence-corrected chi connectivity index (χ2v) is 5.09. The molecule has 0 fully saturated rings. The van der Waals surface area contributed by atoms with Gasteiger partial charge in [-0.25, -0.2) is 0 Å². The number of halogens is 1. The van der Waals surface area contributed by atoms with Crippen molar-refractivity contribution >= 4 is 21.8 Å². The molecule has 0 radical (unpaired) electrons. The maximum atomic E-state index is 11.8. The monoisotopic (exact) mass is 314 g/mol. The number of hydrogen-bond acceptors (Lipinski definition) is 3. The van der Waals surface area contributed by atoms with Gasteiger partial charge in [-0.15, -0.1) is 0 Å². The molecule has 0 aliphatic rings. The van der Waals surface area contributed by atoms with Crippen LogP contribution in [0.2, 0.25) is 0 Å². The van der Waals surface area contributed by atoms with E-state index in [-0.39, 0.29) is 11.9 Å². The number of benzene rings is 1. The summed E-state index contributed by atoms with van der Waals surface area (Å²) in [5.74, 6) is -0.153. The van der Waals surface area contributed by atoms with Gasteiger partial charge < -0.3 is 15.8 Å². The molecular weight excluding hydrogens is 296 g/mol. The molecule has 0 heterocycles. The van der Waals surface area contributed by atoms with Crippen molar-refractivity contribution < 1.29 is 9.53 Å². The van der Waals surface area contributed by atoms with Crippen LogP contribution in [0.1, 0.15) is 24.9 Å². The van der Waals surface area contributed by atoms with E-state index in [1.165, 1.54) is 0 Å². The van der Waals surface area contributed by atoms with Crippen LogP contribution in [0.15, 0.2) is 28.7 Å². The summed E-state index contributed by atoms with van der Waals surface area (Å²) in [5, 5.41) is 2.89. The van der Waals surface area contributed by atoms with E-state index in [1.54, 1.807) is 7.11 Å². The van der Waals surface area contributed by atoms with Crippen molar-refractivity contribution in [2.45, 2.75) is 25.4 Å². The minimum atomic E-state index is -0.528. The first-order chi connectivity index (χ1) is 8.54. The predicted molar refractivity (Wildman–Crippen MR) is 75.2 cm³/mol. The Bertz CT molecular complexity index is 398. The van der Waals surface area contributed by atoms with Gasteiger partial charge in [0, 0.05) is 18.2 Å². The lowest BCUT2D eigenvalue weighted by Crippen LogP contribution is -2.42. The molecule has 1 unspecified atom stereocenters. The Morgan fingerprint density at radius 3 is 2.89 bits per heavy atom. The number of nitrogens with one attached hydrogen (secondary N) is 1. The van der Waals surface area contributed by atoms with E-state index in [9.17, 15) is 4.79 Å². The molecule has 3 N–H and O–H groups in total. The van der Waals surface area contributed by atoms with Gasteiger partial charge in [0.05, 0.1) is 12.1 Å². The Labute approximate surface area is 116 Å². The van der Waals surface area contributed by atoms with Crippen molar-refractivity contribution in [3.8, 4) is 0 Å². The van der Waals surface area contributed by atoms with Gasteiger partial charge in [-0.2, -0.15) is 0 Å². The molecule has 0 aliphatic heterocycles. The minimum absolute atomic E-state index is 0.0661. The van der Waals surface area contributed by atoms with Gasteiger partial charge in [0.25, 0.3) is 0 Å². The molecule has 0 aromatic heterocycles. The molecule has 0 saturated carbocycles. The summed E-state index contributed by atoms with van der Waals surface area (Å²) in [5.41, 5.74) is 6.80. The average Bonchev–Trinajstić information content (AvgIpc) is 2.35. The third kappa shape index (κ3) is 4.76. The van der Waals surface area contributed by atoms with Crippen molar-refractivity contribution in [2.24, 2.45) is 5.73 Å². The molecule has 5 heteroatoms. The summed E-state index contributed by atoms with van der Waals surface area (Å²) in [6.45, 7) is 2.42. The highest BCUT2D eigenvalue weighted by atomic mass is 79.9. The minimum Gasteiger partial charge on any atom is -0.385 e. The highest BCUT2D eigenvalue weighted by molar-refractivity contribution is 9.10. The second kappa shape index (κ2) is 7.51. The fraction of sp³-hybridized carbons (Fsp3) is 0.462. The van der Waals surface area contributed by atoms with Gasteiger partial charge in [0.15, 0.2) is 0 Å². The summed E-state index contributed by atoms with van der Waals surface area (Å²) < 4.78 is 5.89. The second-order valence-electron chi connectivity index (χ2n) is 4.17. The molecule has 18 heavy (non-hydrogen) atoms. The Hall–Kier alpha value is -0.910. The zero-order valence-corrected chi connectivity index (χ0v) is 12.2. The topological polar surface area (TPSA) is 64.3 Å².